The van der Waals surface area contributed by atoms with Gasteiger partial charge in [0.05, 0.1) is 19.1 Å². The fourth-order valence-electron chi connectivity index (χ4n) is 3.54. The van der Waals surface area contributed by atoms with Gasteiger partial charge in [-0.05, 0) is 39.0 Å². The summed E-state index contributed by atoms with van der Waals surface area (Å²) in [5.41, 5.74) is 0. The van der Waals surface area contributed by atoms with Gasteiger partial charge in [-0.25, -0.2) is 0 Å². The van der Waals surface area contributed by atoms with E-state index in [2.05, 4.69) is 0 Å². The van der Waals surface area contributed by atoms with E-state index in [1.165, 1.54) is 26.4 Å². The van der Waals surface area contributed by atoms with Crippen molar-refractivity contribution >= 4 is 14.8 Å². The molecule has 136 valence electrons. The van der Waals surface area contributed by atoms with E-state index in [0.29, 0.717) is 25.6 Å². The molecule has 0 aromatic heterocycles. The van der Waals surface area contributed by atoms with E-state index >= 15 is 0 Å². The van der Waals surface area contributed by atoms with Crippen molar-refractivity contribution in [1.82, 2.24) is 0 Å². The van der Waals surface area contributed by atoms with Gasteiger partial charge in [-0.1, -0.05) is 26.2 Å². The van der Waals surface area contributed by atoms with Gasteiger partial charge in [0.25, 0.3) is 0 Å². The number of carbonyl (C=O) groups is 1. The van der Waals surface area contributed by atoms with Crippen LogP contribution in [0.25, 0.3) is 0 Å². The summed E-state index contributed by atoms with van der Waals surface area (Å²) in [5.74, 6) is -0.0659. The Morgan fingerprint density at radius 2 is 1.65 bits per heavy atom. The monoisotopic (exact) mass is 346 g/mol. The number of hydrogen-bond donors (Lipinski definition) is 0. The van der Waals surface area contributed by atoms with Gasteiger partial charge >= 0.3 is 14.8 Å². The molecule has 0 amide bonds. The quantitative estimate of drug-likeness (QED) is 0.445. The Balaban J connectivity index is 2.98. The number of methoxy groups -OCH3 is 1. The maximum atomic E-state index is 12.3. The molecule has 1 saturated carbocycles. The minimum atomic E-state index is -2.74. The van der Waals surface area contributed by atoms with E-state index in [4.69, 9.17) is 18.0 Å². The SMILES string of the molecule is CCO[Si](C)(OCC)O[C@H](C1CCCCC1)[C@@H](CC)C(=O)OC. The zero-order chi connectivity index (χ0) is 17.3. The van der Waals surface area contributed by atoms with Gasteiger partial charge in [-0.3, -0.25) is 4.79 Å². The molecule has 1 fully saturated rings. The highest BCUT2D eigenvalue weighted by Gasteiger charge is 2.44. The summed E-state index contributed by atoms with van der Waals surface area (Å²) in [5, 5.41) is 0. The Kier molecular flexibility index (Phi) is 9.35. The third-order valence-corrected chi connectivity index (χ3v) is 6.94. The number of rotatable bonds is 10. The van der Waals surface area contributed by atoms with E-state index in [0.717, 1.165) is 12.8 Å². The molecule has 0 saturated heterocycles. The van der Waals surface area contributed by atoms with Crippen LogP contribution in [0.1, 0.15) is 59.3 Å². The van der Waals surface area contributed by atoms with Gasteiger partial charge in [-0.2, -0.15) is 0 Å². The van der Waals surface area contributed by atoms with E-state index in [1.807, 2.05) is 27.3 Å². The molecule has 0 bridgehead atoms. The largest absolute Gasteiger partial charge is 0.497 e. The third kappa shape index (κ3) is 6.18. The van der Waals surface area contributed by atoms with Gasteiger partial charge in [0.1, 0.15) is 0 Å². The van der Waals surface area contributed by atoms with Crippen LogP contribution in [0.4, 0.5) is 0 Å². The van der Waals surface area contributed by atoms with Crippen LogP contribution >= 0.6 is 0 Å². The lowest BCUT2D eigenvalue weighted by molar-refractivity contribution is -0.152. The number of ether oxygens (including phenoxy) is 1. The summed E-state index contributed by atoms with van der Waals surface area (Å²) in [6, 6.07) is 0. The number of hydrogen-bond acceptors (Lipinski definition) is 5. The molecule has 0 unspecified atom stereocenters. The average molecular weight is 347 g/mol. The lowest BCUT2D eigenvalue weighted by Crippen LogP contribution is -2.51. The standard InChI is InChI=1S/C17H34O5Si/c1-6-15(17(18)19-4)16(14-12-10-9-11-13-14)22-23(5,20-7-2)21-8-3/h14-16H,6-13H2,1-5H3/t15-,16-/m1/s1. The Morgan fingerprint density at radius 1 is 1.09 bits per heavy atom. The van der Waals surface area contributed by atoms with Crippen molar-refractivity contribution in [3.05, 3.63) is 0 Å². The van der Waals surface area contributed by atoms with E-state index < -0.39 is 8.80 Å². The normalized spacial score (nSPS) is 19.3. The predicted molar refractivity (Wildman–Crippen MR) is 92.1 cm³/mol. The highest BCUT2D eigenvalue weighted by Crippen LogP contribution is 2.35. The molecular weight excluding hydrogens is 312 g/mol. The fraction of sp³-hybridized carbons (Fsp3) is 0.941. The first-order valence-corrected chi connectivity index (χ1v) is 11.3. The van der Waals surface area contributed by atoms with E-state index in [1.54, 1.807) is 0 Å². The van der Waals surface area contributed by atoms with Gasteiger partial charge < -0.3 is 18.0 Å². The molecule has 0 aromatic carbocycles. The Labute approximate surface area is 142 Å². The summed E-state index contributed by atoms with van der Waals surface area (Å²) < 4.78 is 23.1. The van der Waals surface area contributed by atoms with Crippen LogP contribution in [0, 0.1) is 11.8 Å². The van der Waals surface area contributed by atoms with Crippen molar-refractivity contribution in [2.24, 2.45) is 11.8 Å². The Hall–Kier alpha value is -0.433. The number of esters is 1. The highest BCUT2D eigenvalue weighted by atomic mass is 28.4. The summed E-state index contributed by atoms with van der Waals surface area (Å²) in [6.45, 7) is 8.94. The summed E-state index contributed by atoms with van der Waals surface area (Å²) >= 11 is 0. The lowest BCUT2D eigenvalue weighted by Gasteiger charge is -2.38. The molecule has 0 radical (unpaired) electrons. The molecule has 0 aromatic rings. The van der Waals surface area contributed by atoms with Crippen molar-refractivity contribution < 1.29 is 22.8 Å². The van der Waals surface area contributed by atoms with Crippen molar-refractivity contribution in [2.45, 2.75) is 71.9 Å². The van der Waals surface area contributed by atoms with E-state index in [-0.39, 0.29) is 18.0 Å². The zero-order valence-corrected chi connectivity index (χ0v) is 16.4. The van der Waals surface area contributed by atoms with Crippen LogP contribution in [0.15, 0.2) is 0 Å². The first-order chi connectivity index (χ1) is 11.0. The molecule has 1 rings (SSSR count). The molecule has 0 spiro atoms. The van der Waals surface area contributed by atoms with Gasteiger partial charge in [-0.15, -0.1) is 0 Å². The van der Waals surface area contributed by atoms with Crippen LogP contribution in [-0.2, 0) is 22.8 Å². The number of carbonyl (C=O) groups excluding carboxylic acids is 1. The molecule has 0 aliphatic heterocycles. The smallest absolute Gasteiger partial charge is 0.469 e. The summed E-state index contributed by atoms with van der Waals surface area (Å²) in [6.07, 6.45) is 6.39. The molecule has 23 heavy (non-hydrogen) atoms. The first kappa shape index (κ1) is 20.6. The molecule has 6 heteroatoms. The van der Waals surface area contributed by atoms with Crippen molar-refractivity contribution in [3.63, 3.8) is 0 Å². The van der Waals surface area contributed by atoms with Crippen LogP contribution < -0.4 is 0 Å². The van der Waals surface area contributed by atoms with Gasteiger partial charge in [0.2, 0.25) is 0 Å². The topological polar surface area (TPSA) is 54.0 Å². The second-order valence-electron chi connectivity index (χ2n) is 6.25. The zero-order valence-electron chi connectivity index (χ0n) is 15.4. The maximum absolute atomic E-state index is 12.3. The second kappa shape index (κ2) is 10.4. The molecule has 1 aliphatic carbocycles. The third-order valence-electron chi connectivity index (χ3n) is 4.62. The molecular formula is C17H34O5Si. The maximum Gasteiger partial charge on any atom is 0.497 e. The van der Waals surface area contributed by atoms with Crippen molar-refractivity contribution in [2.75, 3.05) is 20.3 Å². The Bertz CT molecular complexity index is 338. The minimum Gasteiger partial charge on any atom is -0.469 e. The van der Waals surface area contributed by atoms with Crippen LogP contribution in [0.2, 0.25) is 6.55 Å². The summed E-state index contributed by atoms with van der Waals surface area (Å²) in [7, 11) is -1.29. The summed E-state index contributed by atoms with van der Waals surface area (Å²) in [4.78, 5) is 12.3. The fourth-order valence-corrected chi connectivity index (χ4v) is 5.65. The minimum absolute atomic E-state index is 0.178. The molecule has 1 aliphatic rings. The van der Waals surface area contributed by atoms with Gasteiger partial charge in [0, 0.05) is 19.8 Å². The van der Waals surface area contributed by atoms with Crippen LogP contribution in [0.3, 0.4) is 0 Å². The van der Waals surface area contributed by atoms with Crippen LogP contribution in [-0.4, -0.2) is 41.2 Å². The lowest BCUT2D eigenvalue weighted by atomic mass is 9.79. The first-order valence-electron chi connectivity index (χ1n) is 9.04. The molecule has 0 heterocycles. The van der Waals surface area contributed by atoms with E-state index in [9.17, 15) is 4.79 Å². The molecule has 2 atom stereocenters. The Morgan fingerprint density at radius 3 is 2.09 bits per heavy atom. The molecule has 5 nitrogen and oxygen atoms in total. The average Bonchev–Trinajstić information content (AvgIpc) is 2.55. The second-order valence-corrected chi connectivity index (χ2v) is 8.78. The molecule has 0 N–H and O–H groups in total. The predicted octanol–water partition coefficient (Wildman–Crippen LogP) is 3.79. The van der Waals surface area contributed by atoms with Crippen LogP contribution in [0.5, 0.6) is 0 Å². The van der Waals surface area contributed by atoms with Crippen molar-refractivity contribution in [1.29, 1.82) is 0 Å². The highest BCUT2D eigenvalue weighted by molar-refractivity contribution is 6.59. The van der Waals surface area contributed by atoms with Gasteiger partial charge in [0.15, 0.2) is 0 Å². The van der Waals surface area contributed by atoms with Crippen molar-refractivity contribution in [3.8, 4) is 0 Å².